The number of nitrogens with two attached hydrogens (primary N) is 1. The molecule has 2 rings (SSSR count). The number of hydrogen-bond acceptors (Lipinski definition) is 4. The molecule has 0 saturated carbocycles. The highest BCUT2D eigenvalue weighted by Gasteiger charge is 2.35. The van der Waals surface area contributed by atoms with Gasteiger partial charge in [-0.25, -0.2) is 0 Å². The Morgan fingerprint density at radius 2 is 2.05 bits per heavy atom. The first-order valence-electron chi connectivity index (χ1n) is 7.50. The predicted molar refractivity (Wildman–Crippen MR) is 76.9 cm³/mol. The third kappa shape index (κ3) is 3.68. The summed E-state index contributed by atoms with van der Waals surface area (Å²) in [6.07, 6.45) is 4.71. The van der Waals surface area contributed by atoms with Gasteiger partial charge in [0.25, 0.3) is 0 Å². The van der Waals surface area contributed by atoms with Gasteiger partial charge in [0.05, 0.1) is 6.54 Å². The molecule has 5 nitrogen and oxygen atoms in total. The van der Waals surface area contributed by atoms with Crippen LogP contribution in [0, 0.1) is 0 Å². The topological polar surface area (TPSA) is 52.8 Å². The van der Waals surface area contributed by atoms with E-state index in [9.17, 15) is 4.79 Å². The number of nitrogens with zero attached hydrogens (tertiary/aromatic N) is 3. The second-order valence-corrected chi connectivity index (χ2v) is 6.03. The Labute approximate surface area is 116 Å². The number of likely N-dealkylation sites (tertiary alicyclic amines) is 1. The molecule has 0 aliphatic carbocycles. The lowest BCUT2D eigenvalue weighted by atomic mass is 10.1. The van der Waals surface area contributed by atoms with Crippen LogP contribution in [0.25, 0.3) is 0 Å². The van der Waals surface area contributed by atoms with Crippen LogP contribution in [0.2, 0.25) is 0 Å². The van der Waals surface area contributed by atoms with Crippen LogP contribution in [-0.4, -0.2) is 79.5 Å². The molecule has 0 spiro atoms. The summed E-state index contributed by atoms with van der Waals surface area (Å²) in [6, 6.07) is 1.38. The molecule has 2 N–H and O–H groups in total. The maximum atomic E-state index is 12.1. The Kier molecular flexibility index (Phi) is 5.19. The van der Waals surface area contributed by atoms with E-state index >= 15 is 0 Å². The number of amides is 1. The van der Waals surface area contributed by atoms with E-state index in [4.69, 9.17) is 5.73 Å². The first-order valence-corrected chi connectivity index (χ1v) is 7.50. The first-order chi connectivity index (χ1) is 9.11. The van der Waals surface area contributed by atoms with Gasteiger partial charge < -0.3 is 10.6 Å². The van der Waals surface area contributed by atoms with Crippen LogP contribution in [-0.2, 0) is 4.79 Å². The Morgan fingerprint density at radius 1 is 1.32 bits per heavy atom. The van der Waals surface area contributed by atoms with Crippen molar-refractivity contribution in [1.29, 1.82) is 0 Å². The lowest BCUT2D eigenvalue weighted by molar-refractivity contribution is -0.131. The summed E-state index contributed by atoms with van der Waals surface area (Å²) in [5.74, 6) is 0.230. The van der Waals surface area contributed by atoms with Crippen molar-refractivity contribution in [2.45, 2.75) is 37.8 Å². The maximum absolute atomic E-state index is 12.1. The van der Waals surface area contributed by atoms with Gasteiger partial charge in [-0.05, 0) is 39.3 Å². The van der Waals surface area contributed by atoms with Crippen LogP contribution >= 0.6 is 0 Å². The van der Waals surface area contributed by atoms with Crippen molar-refractivity contribution in [1.82, 2.24) is 14.7 Å². The largest absolute Gasteiger partial charge is 0.345 e. The summed E-state index contributed by atoms with van der Waals surface area (Å²) in [6.45, 7) is 4.09. The third-order valence-corrected chi connectivity index (χ3v) is 4.71. The van der Waals surface area contributed by atoms with E-state index < -0.39 is 0 Å². The predicted octanol–water partition coefficient (Wildman–Crippen LogP) is -0.0379. The minimum atomic E-state index is 0.230. The Bertz CT molecular complexity index is 310. The molecule has 2 bridgehead atoms. The lowest BCUT2D eigenvalue weighted by Crippen LogP contribution is -2.43. The molecule has 2 unspecified atom stereocenters. The molecule has 110 valence electrons. The number of likely N-dealkylation sites (N-methyl/N-ethyl adjacent to an activating group) is 2. The standard InChI is InChI=1S/C14H28N4O/c1-16(8-3-7-15)14(19)11-18-9-6-12-4-5-13(10-18)17(12)2/h12-13H,3-11,15H2,1-2H3. The first kappa shape index (κ1) is 14.8. The van der Waals surface area contributed by atoms with Crippen molar-refractivity contribution in [2.24, 2.45) is 5.73 Å². The summed E-state index contributed by atoms with van der Waals surface area (Å²) in [4.78, 5) is 18.8. The molecule has 0 aromatic carbocycles. The monoisotopic (exact) mass is 268 g/mol. The van der Waals surface area contributed by atoms with Gasteiger partial charge in [-0.1, -0.05) is 0 Å². The minimum absolute atomic E-state index is 0.230. The molecule has 0 aromatic rings. The van der Waals surface area contributed by atoms with Crippen molar-refractivity contribution in [3.05, 3.63) is 0 Å². The van der Waals surface area contributed by atoms with Gasteiger partial charge in [0.1, 0.15) is 0 Å². The molecule has 2 fully saturated rings. The van der Waals surface area contributed by atoms with Gasteiger partial charge in [0.2, 0.25) is 5.91 Å². The third-order valence-electron chi connectivity index (χ3n) is 4.71. The number of carbonyl (C=O) groups excluding carboxylic acids is 1. The second-order valence-electron chi connectivity index (χ2n) is 6.03. The average molecular weight is 268 g/mol. The summed E-state index contributed by atoms with van der Waals surface area (Å²) < 4.78 is 0. The van der Waals surface area contributed by atoms with E-state index in [1.165, 1.54) is 19.3 Å². The zero-order valence-corrected chi connectivity index (χ0v) is 12.3. The normalized spacial score (nSPS) is 28.4. The lowest BCUT2D eigenvalue weighted by Gasteiger charge is -2.27. The van der Waals surface area contributed by atoms with Crippen LogP contribution in [0.5, 0.6) is 0 Å². The van der Waals surface area contributed by atoms with E-state index in [2.05, 4.69) is 16.8 Å². The number of carbonyl (C=O) groups is 1. The summed E-state index contributed by atoms with van der Waals surface area (Å²) in [5.41, 5.74) is 5.48. The van der Waals surface area contributed by atoms with Crippen LogP contribution < -0.4 is 5.73 Å². The van der Waals surface area contributed by atoms with Gasteiger partial charge in [-0.15, -0.1) is 0 Å². The number of fused-ring (bicyclic) bond motifs is 2. The van der Waals surface area contributed by atoms with Crippen molar-refractivity contribution >= 4 is 5.91 Å². The summed E-state index contributed by atoms with van der Waals surface area (Å²) in [7, 11) is 4.12. The van der Waals surface area contributed by atoms with Crippen molar-refractivity contribution in [2.75, 3.05) is 46.8 Å². The highest BCUT2D eigenvalue weighted by Crippen LogP contribution is 2.28. The van der Waals surface area contributed by atoms with Gasteiger partial charge in [-0.3, -0.25) is 14.6 Å². The summed E-state index contributed by atoms with van der Waals surface area (Å²) >= 11 is 0. The second kappa shape index (κ2) is 6.68. The Balaban J connectivity index is 1.81. The molecule has 2 saturated heterocycles. The van der Waals surface area contributed by atoms with Gasteiger partial charge in [0, 0.05) is 38.8 Å². The summed E-state index contributed by atoms with van der Waals surface area (Å²) in [5, 5.41) is 0. The van der Waals surface area contributed by atoms with E-state index in [1.54, 1.807) is 0 Å². The van der Waals surface area contributed by atoms with Crippen LogP contribution in [0.1, 0.15) is 25.7 Å². The minimum Gasteiger partial charge on any atom is -0.345 e. The smallest absolute Gasteiger partial charge is 0.236 e. The van der Waals surface area contributed by atoms with Gasteiger partial charge in [-0.2, -0.15) is 0 Å². The highest BCUT2D eigenvalue weighted by molar-refractivity contribution is 5.77. The van der Waals surface area contributed by atoms with Crippen LogP contribution in [0.3, 0.4) is 0 Å². The SMILES string of the molecule is CN(CCCN)C(=O)CN1CCC2CCC(C1)N2C. The van der Waals surface area contributed by atoms with E-state index in [0.29, 0.717) is 19.1 Å². The number of rotatable bonds is 5. The quantitative estimate of drug-likeness (QED) is 0.760. The molecule has 1 amide bonds. The van der Waals surface area contributed by atoms with Crippen molar-refractivity contribution in [3.63, 3.8) is 0 Å². The van der Waals surface area contributed by atoms with Gasteiger partial charge >= 0.3 is 0 Å². The fourth-order valence-corrected chi connectivity index (χ4v) is 3.29. The van der Waals surface area contributed by atoms with E-state index in [0.717, 1.165) is 32.1 Å². The fraction of sp³-hybridized carbons (Fsp3) is 0.929. The Hall–Kier alpha value is -0.650. The van der Waals surface area contributed by atoms with Crippen molar-refractivity contribution < 1.29 is 4.79 Å². The zero-order valence-electron chi connectivity index (χ0n) is 12.3. The Morgan fingerprint density at radius 3 is 2.79 bits per heavy atom. The molecule has 2 heterocycles. The fourth-order valence-electron chi connectivity index (χ4n) is 3.29. The molecule has 5 heteroatoms. The van der Waals surface area contributed by atoms with Crippen molar-refractivity contribution in [3.8, 4) is 0 Å². The maximum Gasteiger partial charge on any atom is 0.236 e. The molecule has 2 aliphatic rings. The molecule has 2 atom stereocenters. The molecule has 0 aromatic heterocycles. The zero-order chi connectivity index (χ0) is 13.8. The molecule has 19 heavy (non-hydrogen) atoms. The highest BCUT2D eigenvalue weighted by atomic mass is 16.2. The number of hydrogen-bond donors (Lipinski definition) is 1. The molecule has 0 radical (unpaired) electrons. The molecule has 2 aliphatic heterocycles. The van der Waals surface area contributed by atoms with Crippen LogP contribution in [0.4, 0.5) is 0 Å². The average Bonchev–Trinajstić information content (AvgIpc) is 2.64. The van der Waals surface area contributed by atoms with Gasteiger partial charge in [0.15, 0.2) is 0 Å². The molecular formula is C14H28N4O. The molecular weight excluding hydrogens is 240 g/mol. The van der Waals surface area contributed by atoms with Crippen LogP contribution in [0.15, 0.2) is 0 Å². The van der Waals surface area contributed by atoms with E-state index in [-0.39, 0.29) is 5.91 Å². The van der Waals surface area contributed by atoms with E-state index in [1.807, 2.05) is 11.9 Å².